The fourth-order valence-corrected chi connectivity index (χ4v) is 3.93. The molecular formula is C21H40NNaO4S. The van der Waals surface area contributed by atoms with Crippen LogP contribution < -0.4 is 35.3 Å². The van der Waals surface area contributed by atoms with Crippen LogP contribution in [-0.2, 0) is 14.9 Å². The van der Waals surface area contributed by atoms with E-state index in [2.05, 4.69) is 19.1 Å². The molecule has 2 unspecified atom stereocenters. The van der Waals surface area contributed by atoms with Gasteiger partial charge in [-0.1, -0.05) is 77.4 Å². The molecule has 0 rings (SSSR count). The van der Waals surface area contributed by atoms with E-state index in [9.17, 15) is 17.8 Å². The molecule has 0 aromatic rings. The van der Waals surface area contributed by atoms with Crippen molar-refractivity contribution in [3.8, 4) is 0 Å². The van der Waals surface area contributed by atoms with E-state index in [1.54, 1.807) is 6.92 Å². The number of rotatable bonds is 18. The summed E-state index contributed by atoms with van der Waals surface area (Å²) in [4.78, 5) is 12.0. The molecule has 2 N–H and O–H groups in total. The van der Waals surface area contributed by atoms with Crippen LogP contribution in [0.1, 0.15) is 97.3 Å². The first-order valence-electron chi connectivity index (χ1n) is 10.7. The third kappa shape index (κ3) is 16.1. The zero-order valence-corrected chi connectivity index (χ0v) is 21.1. The number of carbonyl (C=O) groups is 1. The maximum Gasteiger partial charge on any atom is 1.00 e. The van der Waals surface area contributed by atoms with E-state index in [4.69, 9.17) is 5.73 Å². The van der Waals surface area contributed by atoms with Crippen molar-refractivity contribution in [2.45, 2.75) is 103 Å². The van der Waals surface area contributed by atoms with E-state index < -0.39 is 33.6 Å². The van der Waals surface area contributed by atoms with E-state index in [1.165, 1.54) is 44.9 Å². The number of ketones is 1. The van der Waals surface area contributed by atoms with Crippen molar-refractivity contribution in [1.82, 2.24) is 0 Å². The summed E-state index contributed by atoms with van der Waals surface area (Å²) in [6.07, 6.45) is 19.5. The SMILES string of the molecule is CCCCCCCC/C=C\CCCCCCC(C)C(=O)C(CN)S(=O)(=O)[O-].[Na+]. The van der Waals surface area contributed by atoms with Crippen molar-refractivity contribution in [3.05, 3.63) is 12.2 Å². The molecule has 0 radical (unpaired) electrons. The molecular weight excluding hydrogens is 385 g/mol. The molecule has 5 nitrogen and oxygen atoms in total. The van der Waals surface area contributed by atoms with Gasteiger partial charge in [-0.15, -0.1) is 0 Å². The average Bonchev–Trinajstić information content (AvgIpc) is 2.61. The van der Waals surface area contributed by atoms with Crippen LogP contribution >= 0.6 is 0 Å². The van der Waals surface area contributed by atoms with Crippen molar-refractivity contribution < 1.29 is 47.3 Å². The molecule has 0 amide bonds. The van der Waals surface area contributed by atoms with E-state index in [0.29, 0.717) is 6.42 Å². The third-order valence-corrected chi connectivity index (χ3v) is 6.14. The second-order valence-corrected chi connectivity index (χ2v) is 9.09. The van der Waals surface area contributed by atoms with Crippen LogP contribution in [0.2, 0.25) is 0 Å². The van der Waals surface area contributed by atoms with Crippen LogP contribution in [-0.4, -0.2) is 30.5 Å². The molecule has 0 fully saturated rings. The van der Waals surface area contributed by atoms with Gasteiger partial charge in [-0.2, -0.15) is 0 Å². The van der Waals surface area contributed by atoms with Crippen molar-refractivity contribution >= 4 is 15.9 Å². The van der Waals surface area contributed by atoms with Gasteiger partial charge in [0.05, 0.1) is 0 Å². The van der Waals surface area contributed by atoms with Crippen molar-refractivity contribution in [2.75, 3.05) is 6.54 Å². The van der Waals surface area contributed by atoms with Crippen LogP contribution in [0, 0.1) is 5.92 Å². The summed E-state index contributed by atoms with van der Waals surface area (Å²) in [6.45, 7) is 3.49. The summed E-state index contributed by atoms with van der Waals surface area (Å²) in [5.74, 6) is -0.968. The largest absolute Gasteiger partial charge is 1.00 e. The molecule has 0 aromatic heterocycles. The summed E-state index contributed by atoms with van der Waals surface area (Å²) in [6, 6.07) is 0. The van der Waals surface area contributed by atoms with Gasteiger partial charge in [0.25, 0.3) is 0 Å². The Morgan fingerprint density at radius 3 is 1.86 bits per heavy atom. The van der Waals surface area contributed by atoms with Gasteiger partial charge >= 0.3 is 29.6 Å². The van der Waals surface area contributed by atoms with Crippen molar-refractivity contribution in [2.24, 2.45) is 11.7 Å². The van der Waals surface area contributed by atoms with E-state index in [-0.39, 0.29) is 29.6 Å². The Morgan fingerprint density at radius 2 is 1.39 bits per heavy atom. The molecule has 0 aliphatic heterocycles. The second kappa shape index (κ2) is 19.3. The Labute approximate surface area is 195 Å². The summed E-state index contributed by atoms with van der Waals surface area (Å²) < 4.78 is 33.1. The normalized spacial score (nSPS) is 14.0. The maximum atomic E-state index is 12.0. The Kier molecular flexibility index (Phi) is 21.0. The molecule has 0 saturated carbocycles. The number of hydrogen-bond acceptors (Lipinski definition) is 5. The minimum Gasteiger partial charge on any atom is -0.747 e. The molecule has 0 aliphatic rings. The number of unbranched alkanes of at least 4 members (excludes halogenated alkanes) is 10. The molecule has 0 saturated heterocycles. The van der Waals surface area contributed by atoms with E-state index >= 15 is 0 Å². The summed E-state index contributed by atoms with van der Waals surface area (Å²) in [5, 5.41) is -1.59. The molecule has 28 heavy (non-hydrogen) atoms. The summed E-state index contributed by atoms with van der Waals surface area (Å²) >= 11 is 0. The standard InChI is InChI=1S/C21H41NO4S.Na/c1-3-4-5-6-7-8-9-10-11-12-13-14-15-16-17-19(2)21(23)20(18-22)27(24,25)26;/h10-11,19-20H,3-9,12-18,22H2,1-2H3,(H,24,25,26);/q;+1/p-1/b11-10-;. The maximum absolute atomic E-state index is 12.0. The zero-order chi connectivity index (χ0) is 20.5. The average molecular weight is 426 g/mol. The molecule has 0 spiro atoms. The van der Waals surface area contributed by atoms with Crippen LogP contribution in [0.25, 0.3) is 0 Å². The Hall–Kier alpha value is 0.280. The van der Waals surface area contributed by atoms with E-state index in [1.807, 2.05) is 0 Å². The van der Waals surface area contributed by atoms with Crippen molar-refractivity contribution in [3.63, 3.8) is 0 Å². The predicted molar refractivity (Wildman–Crippen MR) is 112 cm³/mol. The van der Waals surface area contributed by atoms with Crippen molar-refractivity contribution in [1.29, 1.82) is 0 Å². The number of hydrogen-bond donors (Lipinski definition) is 1. The number of Topliss-reactive ketones (excluding diaryl/α,β-unsaturated/α-hetero) is 1. The molecule has 0 heterocycles. The Bertz CT molecular complexity index is 509. The first kappa shape index (κ1) is 30.5. The van der Waals surface area contributed by atoms with Gasteiger partial charge in [0.2, 0.25) is 0 Å². The van der Waals surface area contributed by atoms with Crippen LogP contribution in [0.3, 0.4) is 0 Å². The smallest absolute Gasteiger partial charge is 0.747 e. The van der Waals surface area contributed by atoms with Crippen LogP contribution in [0.4, 0.5) is 0 Å². The Morgan fingerprint density at radius 1 is 0.929 bits per heavy atom. The van der Waals surface area contributed by atoms with Crippen LogP contribution in [0.5, 0.6) is 0 Å². The van der Waals surface area contributed by atoms with Gasteiger partial charge in [-0.3, -0.25) is 4.79 Å². The van der Waals surface area contributed by atoms with E-state index in [0.717, 1.165) is 32.1 Å². The molecule has 2 atom stereocenters. The van der Waals surface area contributed by atoms with Gasteiger partial charge in [0.15, 0.2) is 5.78 Å². The first-order chi connectivity index (χ1) is 12.8. The molecule has 0 aromatic carbocycles. The molecule has 160 valence electrons. The Balaban J connectivity index is 0. The minimum atomic E-state index is -4.65. The van der Waals surface area contributed by atoms with Crippen LogP contribution in [0.15, 0.2) is 12.2 Å². The third-order valence-electron chi connectivity index (χ3n) is 5.01. The zero-order valence-electron chi connectivity index (χ0n) is 18.3. The molecule has 7 heteroatoms. The van der Waals surface area contributed by atoms with Gasteiger partial charge in [0.1, 0.15) is 15.4 Å². The molecule has 0 aliphatic carbocycles. The fourth-order valence-electron chi connectivity index (χ4n) is 3.18. The first-order valence-corrected chi connectivity index (χ1v) is 12.1. The number of nitrogens with two attached hydrogens (primary N) is 1. The van der Waals surface area contributed by atoms with Gasteiger partial charge < -0.3 is 10.3 Å². The monoisotopic (exact) mass is 425 g/mol. The van der Waals surface area contributed by atoms with Gasteiger partial charge in [-0.05, 0) is 32.1 Å². The fraction of sp³-hybridized carbons (Fsp3) is 0.857. The summed E-state index contributed by atoms with van der Waals surface area (Å²) in [5.41, 5.74) is 5.27. The minimum absolute atomic E-state index is 0. The quantitative estimate of drug-likeness (QED) is 0.156. The summed E-state index contributed by atoms with van der Waals surface area (Å²) in [7, 11) is -4.65. The topological polar surface area (TPSA) is 100 Å². The van der Waals surface area contributed by atoms with Gasteiger partial charge in [-0.25, -0.2) is 8.42 Å². The molecule has 0 bridgehead atoms. The number of carbonyl (C=O) groups excluding carboxylic acids is 1. The van der Waals surface area contributed by atoms with Gasteiger partial charge in [0, 0.05) is 12.5 Å². The second-order valence-electron chi connectivity index (χ2n) is 7.54. The predicted octanol–water partition coefficient (Wildman–Crippen LogP) is 1.72. The number of allylic oxidation sites excluding steroid dienone is 2.